The summed E-state index contributed by atoms with van der Waals surface area (Å²) < 4.78 is 37.9. The highest BCUT2D eigenvalue weighted by molar-refractivity contribution is 9.10. The monoisotopic (exact) mass is 428 g/mol. The molecule has 0 radical (unpaired) electrons. The number of sulfone groups is 1. The fourth-order valence-corrected chi connectivity index (χ4v) is 3.91. The lowest BCUT2D eigenvalue weighted by Gasteiger charge is -2.28. The van der Waals surface area contributed by atoms with Crippen molar-refractivity contribution in [3.8, 4) is 0 Å². The van der Waals surface area contributed by atoms with Gasteiger partial charge in [-0.3, -0.25) is 4.79 Å². The highest BCUT2D eigenvalue weighted by Crippen LogP contribution is 2.24. The molecule has 0 aliphatic carbocycles. The number of benzene rings is 1. The van der Waals surface area contributed by atoms with Gasteiger partial charge in [0, 0.05) is 22.8 Å². The summed E-state index contributed by atoms with van der Waals surface area (Å²) in [4.78, 5) is 11.8. The molecule has 5 nitrogen and oxygen atoms in total. The van der Waals surface area contributed by atoms with Crippen LogP contribution < -0.4 is 10.6 Å². The van der Waals surface area contributed by atoms with Gasteiger partial charge in [0.15, 0.2) is 15.7 Å². The molecule has 1 aliphatic rings. The Morgan fingerprint density at radius 1 is 1.43 bits per heavy atom. The minimum Gasteiger partial charge on any atom is -0.349 e. The van der Waals surface area contributed by atoms with Crippen LogP contribution in [0, 0.1) is 5.82 Å². The maximum atomic E-state index is 14.4. The van der Waals surface area contributed by atoms with Gasteiger partial charge in [-0.15, -0.1) is 12.4 Å². The molecule has 2 N–H and O–H groups in total. The van der Waals surface area contributed by atoms with Crippen LogP contribution >= 0.6 is 28.3 Å². The maximum Gasteiger partial charge on any atom is 0.254 e. The van der Waals surface area contributed by atoms with E-state index in [1.54, 1.807) is 0 Å². The van der Waals surface area contributed by atoms with Crippen LogP contribution in [0.3, 0.4) is 0 Å². The molecule has 0 saturated carbocycles. The van der Waals surface area contributed by atoms with Crippen molar-refractivity contribution in [1.82, 2.24) is 10.6 Å². The van der Waals surface area contributed by atoms with E-state index in [2.05, 4.69) is 26.6 Å². The van der Waals surface area contributed by atoms with Crippen LogP contribution in [0.2, 0.25) is 0 Å². The van der Waals surface area contributed by atoms with Crippen LogP contribution in [0.1, 0.15) is 30.1 Å². The molecule has 1 amide bonds. The van der Waals surface area contributed by atoms with Gasteiger partial charge in [0.25, 0.3) is 5.91 Å². The van der Waals surface area contributed by atoms with E-state index in [0.717, 1.165) is 31.7 Å². The zero-order chi connectivity index (χ0) is 16.5. The Kier molecular flexibility index (Phi) is 7.00. The Morgan fingerprint density at radius 3 is 2.65 bits per heavy atom. The van der Waals surface area contributed by atoms with Crippen molar-refractivity contribution < 1.29 is 17.6 Å². The average molecular weight is 430 g/mol. The Labute approximate surface area is 149 Å². The van der Waals surface area contributed by atoms with E-state index in [4.69, 9.17) is 0 Å². The van der Waals surface area contributed by atoms with Crippen LogP contribution in [0.4, 0.5) is 4.39 Å². The minimum absolute atomic E-state index is 0. The third-order valence-corrected chi connectivity index (χ3v) is 5.16. The van der Waals surface area contributed by atoms with Crippen molar-refractivity contribution >= 4 is 44.1 Å². The van der Waals surface area contributed by atoms with E-state index in [1.807, 2.05) is 6.92 Å². The number of amides is 1. The highest BCUT2D eigenvalue weighted by Gasteiger charge is 2.25. The lowest BCUT2D eigenvalue weighted by molar-refractivity contribution is 0.0921. The third-order valence-electron chi connectivity index (χ3n) is 3.61. The van der Waals surface area contributed by atoms with Crippen LogP contribution in [0.25, 0.3) is 0 Å². The maximum absolute atomic E-state index is 14.4. The van der Waals surface area contributed by atoms with Crippen molar-refractivity contribution in [3.05, 3.63) is 28.0 Å². The Morgan fingerprint density at radius 2 is 2.09 bits per heavy atom. The molecule has 1 fully saturated rings. The smallest absolute Gasteiger partial charge is 0.254 e. The van der Waals surface area contributed by atoms with Crippen LogP contribution in [0.5, 0.6) is 0 Å². The van der Waals surface area contributed by atoms with E-state index >= 15 is 0 Å². The first-order chi connectivity index (χ1) is 10.2. The van der Waals surface area contributed by atoms with Gasteiger partial charge in [-0.1, -0.05) is 15.9 Å². The third kappa shape index (κ3) is 5.14. The SMILES string of the molecule is CC1CC(NC(=O)c2cc(Br)cc(S(C)(=O)=O)c2F)CCN1.Cl. The van der Waals surface area contributed by atoms with Gasteiger partial charge in [-0.05, 0) is 38.4 Å². The quantitative estimate of drug-likeness (QED) is 0.773. The first-order valence-corrected chi connectivity index (χ1v) is 9.60. The summed E-state index contributed by atoms with van der Waals surface area (Å²) in [7, 11) is -3.75. The van der Waals surface area contributed by atoms with Crippen molar-refractivity contribution in [2.24, 2.45) is 0 Å². The van der Waals surface area contributed by atoms with Crippen molar-refractivity contribution in [1.29, 1.82) is 0 Å². The van der Waals surface area contributed by atoms with E-state index in [1.165, 1.54) is 6.07 Å². The molecule has 0 bridgehead atoms. The van der Waals surface area contributed by atoms with Gasteiger partial charge >= 0.3 is 0 Å². The topological polar surface area (TPSA) is 75.3 Å². The van der Waals surface area contributed by atoms with E-state index in [0.29, 0.717) is 4.47 Å². The van der Waals surface area contributed by atoms with Gasteiger partial charge < -0.3 is 10.6 Å². The first kappa shape index (κ1) is 20.3. The summed E-state index contributed by atoms with van der Waals surface area (Å²) >= 11 is 3.12. The molecular weight excluding hydrogens is 411 g/mol. The molecule has 0 spiro atoms. The van der Waals surface area contributed by atoms with Crippen molar-refractivity contribution in [2.75, 3.05) is 12.8 Å². The Hall–Kier alpha value is -0.700. The van der Waals surface area contributed by atoms with Gasteiger partial charge in [0.1, 0.15) is 4.90 Å². The van der Waals surface area contributed by atoms with Crippen molar-refractivity contribution in [2.45, 2.75) is 36.7 Å². The average Bonchev–Trinajstić information content (AvgIpc) is 2.39. The molecule has 130 valence electrons. The number of rotatable bonds is 3. The second-order valence-corrected chi connectivity index (χ2v) is 8.49. The first-order valence-electron chi connectivity index (χ1n) is 6.92. The molecule has 1 saturated heterocycles. The molecule has 2 atom stereocenters. The van der Waals surface area contributed by atoms with Gasteiger partial charge in [0.05, 0.1) is 5.56 Å². The second-order valence-electron chi connectivity index (χ2n) is 5.59. The van der Waals surface area contributed by atoms with E-state index in [-0.39, 0.29) is 30.1 Å². The fraction of sp³-hybridized carbons (Fsp3) is 0.500. The Balaban J connectivity index is 0.00000264. The number of piperidine rings is 1. The number of hydrogen-bond donors (Lipinski definition) is 2. The summed E-state index contributed by atoms with van der Waals surface area (Å²) in [5.74, 6) is -1.60. The number of carbonyl (C=O) groups excluding carboxylic acids is 1. The van der Waals surface area contributed by atoms with Crippen LogP contribution in [-0.4, -0.2) is 39.2 Å². The zero-order valence-electron chi connectivity index (χ0n) is 12.7. The van der Waals surface area contributed by atoms with Crippen LogP contribution in [-0.2, 0) is 9.84 Å². The normalized spacial score (nSPS) is 21.4. The number of carbonyl (C=O) groups is 1. The summed E-state index contributed by atoms with van der Waals surface area (Å²) in [6, 6.07) is 2.68. The molecule has 0 aromatic heterocycles. The molecule has 9 heteroatoms. The predicted octanol–water partition coefficient (Wildman–Crippen LogP) is 2.28. The molecule has 2 rings (SSSR count). The molecule has 1 heterocycles. The highest BCUT2D eigenvalue weighted by atomic mass is 79.9. The number of nitrogens with one attached hydrogen (secondary N) is 2. The molecule has 1 aliphatic heterocycles. The van der Waals surface area contributed by atoms with E-state index < -0.39 is 26.5 Å². The van der Waals surface area contributed by atoms with Crippen LogP contribution in [0.15, 0.2) is 21.5 Å². The minimum atomic E-state index is -3.75. The zero-order valence-corrected chi connectivity index (χ0v) is 15.9. The van der Waals surface area contributed by atoms with E-state index in [9.17, 15) is 17.6 Å². The molecule has 23 heavy (non-hydrogen) atoms. The number of halogens is 3. The number of hydrogen-bond acceptors (Lipinski definition) is 4. The summed E-state index contributed by atoms with van der Waals surface area (Å²) in [6.45, 7) is 2.79. The molecular formula is C14H19BrClFN2O3S. The van der Waals surface area contributed by atoms with Crippen molar-refractivity contribution in [3.63, 3.8) is 0 Å². The summed E-state index contributed by atoms with van der Waals surface area (Å²) in [6.07, 6.45) is 2.42. The lowest BCUT2D eigenvalue weighted by Crippen LogP contribution is -2.46. The largest absolute Gasteiger partial charge is 0.349 e. The fourth-order valence-electron chi connectivity index (χ4n) is 2.53. The van der Waals surface area contributed by atoms with Gasteiger partial charge in [-0.2, -0.15) is 0 Å². The summed E-state index contributed by atoms with van der Waals surface area (Å²) in [5.41, 5.74) is -0.263. The molecule has 1 aromatic rings. The standard InChI is InChI=1S/C14H18BrFN2O3S.ClH/c1-8-5-10(3-4-17-8)18-14(19)11-6-9(15)7-12(13(11)16)22(2,20)21;/h6-8,10,17H,3-5H2,1-2H3,(H,18,19);1H. The molecule has 2 unspecified atom stereocenters. The summed E-state index contributed by atoms with van der Waals surface area (Å²) in [5, 5.41) is 6.04. The van der Waals surface area contributed by atoms with Gasteiger partial charge in [0.2, 0.25) is 0 Å². The Bertz CT molecular complexity index is 700. The predicted molar refractivity (Wildman–Crippen MR) is 92.4 cm³/mol. The van der Waals surface area contributed by atoms with Gasteiger partial charge in [-0.25, -0.2) is 12.8 Å². The molecule has 1 aromatic carbocycles. The lowest BCUT2D eigenvalue weighted by atomic mass is 10.0. The second kappa shape index (κ2) is 7.92.